The maximum absolute atomic E-state index is 13.3. The van der Waals surface area contributed by atoms with Crippen LogP contribution in [-0.4, -0.2) is 36.0 Å². The van der Waals surface area contributed by atoms with E-state index < -0.39 is 12.0 Å². The number of nitrogens with zero attached hydrogens (tertiary/aromatic N) is 1. The Kier molecular flexibility index (Phi) is 8.33. The lowest BCUT2D eigenvalue weighted by Gasteiger charge is -2.36. The number of carbonyl (C=O) groups excluding carboxylic acids is 3. The average molecular weight is 478 g/mol. The Morgan fingerprint density at radius 3 is 2.26 bits per heavy atom. The van der Waals surface area contributed by atoms with Gasteiger partial charge in [0.15, 0.2) is 0 Å². The molecule has 0 saturated heterocycles. The molecule has 1 aliphatic rings. The molecule has 3 amide bonds. The maximum atomic E-state index is 13.3. The number of benzene rings is 2. The summed E-state index contributed by atoms with van der Waals surface area (Å²) in [7, 11) is 0. The zero-order valence-electron chi connectivity index (χ0n) is 21.2. The van der Waals surface area contributed by atoms with E-state index in [2.05, 4.69) is 10.6 Å². The van der Waals surface area contributed by atoms with E-state index in [-0.39, 0.29) is 24.0 Å². The first kappa shape index (κ1) is 26.0. The second-order valence-electron chi connectivity index (χ2n) is 9.79. The molecule has 2 N–H and O–H groups in total. The van der Waals surface area contributed by atoms with Gasteiger partial charge in [0.25, 0.3) is 0 Å². The monoisotopic (exact) mass is 477 g/mol. The zero-order valence-corrected chi connectivity index (χ0v) is 21.2. The molecule has 186 valence electrons. The van der Waals surface area contributed by atoms with Gasteiger partial charge in [-0.05, 0) is 42.0 Å². The Morgan fingerprint density at radius 1 is 1.03 bits per heavy atom. The van der Waals surface area contributed by atoms with E-state index in [0.29, 0.717) is 29.9 Å². The molecular weight excluding hydrogens is 442 g/mol. The SMILES string of the molecule is CCCN1C(=O)NC(c2ccc(NC(=O)CC(C)(C)C)cc2)C(C(=O)OCC)=C1c1ccccc1. The first-order valence-corrected chi connectivity index (χ1v) is 12.1. The highest BCUT2D eigenvalue weighted by molar-refractivity contribution is 6.04. The van der Waals surface area contributed by atoms with E-state index >= 15 is 0 Å². The Bertz CT molecular complexity index is 1090. The third-order valence-corrected chi connectivity index (χ3v) is 5.54. The van der Waals surface area contributed by atoms with E-state index in [1.165, 1.54) is 0 Å². The average Bonchev–Trinajstić information content (AvgIpc) is 2.80. The van der Waals surface area contributed by atoms with Gasteiger partial charge in [-0.3, -0.25) is 9.69 Å². The van der Waals surface area contributed by atoms with Crippen LogP contribution in [0.1, 0.15) is 64.6 Å². The number of amides is 3. The van der Waals surface area contributed by atoms with Crippen LogP contribution in [0.25, 0.3) is 5.70 Å². The van der Waals surface area contributed by atoms with Gasteiger partial charge in [0.1, 0.15) is 0 Å². The van der Waals surface area contributed by atoms with Gasteiger partial charge in [0.05, 0.1) is 23.9 Å². The fourth-order valence-corrected chi connectivity index (χ4v) is 4.12. The van der Waals surface area contributed by atoms with E-state index in [1.807, 2.05) is 70.2 Å². The van der Waals surface area contributed by atoms with Crippen molar-refractivity contribution >= 4 is 29.3 Å². The first-order chi connectivity index (χ1) is 16.6. The molecule has 1 aliphatic heterocycles. The van der Waals surface area contributed by atoms with Crippen LogP contribution in [0.2, 0.25) is 0 Å². The minimum Gasteiger partial charge on any atom is -0.463 e. The second kappa shape index (κ2) is 11.2. The predicted octanol–water partition coefficient (Wildman–Crippen LogP) is 5.51. The van der Waals surface area contributed by atoms with Crippen molar-refractivity contribution in [3.05, 3.63) is 71.3 Å². The van der Waals surface area contributed by atoms with Gasteiger partial charge in [-0.2, -0.15) is 0 Å². The smallest absolute Gasteiger partial charge is 0.338 e. The Morgan fingerprint density at radius 2 is 1.69 bits per heavy atom. The highest BCUT2D eigenvalue weighted by Crippen LogP contribution is 2.37. The second-order valence-corrected chi connectivity index (χ2v) is 9.79. The fraction of sp³-hybridized carbons (Fsp3) is 0.393. The molecule has 0 bridgehead atoms. The number of ether oxygens (including phenoxy) is 1. The number of hydrogen-bond acceptors (Lipinski definition) is 4. The van der Waals surface area contributed by atoms with Crippen LogP contribution in [0.5, 0.6) is 0 Å². The van der Waals surface area contributed by atoms with Crippen LogP contribution in [0.4, 0.5) is 10.5 Å². The number of nitrogens with one attached hydrogen (secondary N) is 2. The van der Waals surface area contributed by atoms with E-state index in [0.717, 1.165) is 17.5 Å². The van der Waals surface area contributed by atoms with Crippen molar-refractivity contribution in [3.63, 3.8) is 0 Å². The van der Waals surface area contributed by atoms with Gasteiger partial charge in [-0.1, -0.05) is 70.2 Å². The zero-order chi connectivity index (χ0) is 25.6. The quantitative estimate of drug-likeness (QED) is 0.491. The molecule has 0 aromatic heterocycles. The molecule has 7 nitrogen and oxygen atoms in total. The third-order valence-electron chi connectivity index (χ3n) is 5.54. The van der Waals surface area contributed by atoms with Crippen LogP contribution < -0.4 is 10.6 Å². The molecule has 0 aliphatic carbocycles. The molecule has 35 heavy (non-hydrogen) atoms. The summed E-state index contributed by atoms with van der Waals surface area (Å²) in [5, 5.41) is 5.90. The lowest BCUT2D eigenvalue weighted by molar-refractivity contribution is -0.139. The molecule has 1 heterocycles. The molecule has 0 saturated carbocycles. The fourth-order valence-electron chi connectivity index (χ4n) is 4.12. The standard InChI is InChI=1S/C28H35N3O4/c1-6-17-31-25(20-11-9-8-10-12-20)23(26(33)35-7-2)24(30-27(31)34)19-13-15-21(16-14-19)29-22(32)18-28(3,4)5/h8-16,24H,6-7,17-18H2,1-5H3,(H,29,32)(H,30,34). The van der Waals surface area contributed by atoms with Crippen molar-refractivity contribution in [1.82, 2.24) is 10.2 Å². The molecule has 0 fully saturated rings. The van der Waals surface area contributed by atoms with Crippen LogP contribution in [0.3, 0.4) is 0 Å². The Labute approximate surface area is 207 Å². The first-order valence-electron chi connectivity index (χ1n) is 12.1. The summed E-state index contributed by atoms with van der Waals surface area (Å²) in [4.78, 5) is 40.4. The predicted molar refractivity (Wildman–Crippen MR) is 137 cm³/mol. The summed E-state index contributed by atoms with van der Waals surface area (Å²) in [6.45, 7) is 10.5. The van der Waals surface area contributed by atoms with E-state index in [9.17, 15) is 14.4 Å². The molecule has 1 unspecified atom stereocenters. The summed E-state index contributed by atoms with van der Waals surface area (Å²) >= 11 is 0. The number of esters is 1. The highest BCUT2D eigenvalue weighted by atomic mass is 16.5. The Hall–Kier alpha value is -3.61. The molecule has 1 atom stereocenters. The van der Waals surface area contributed by atoms with E-state index in [1.54, 1.807) is 24.0 Å². The summed E-state index contributed by atoms with van der Waals surface area (Å²) in [6, 6.07) is 15.7. The molecule has 7 heteroatoms. The lowest BCUT2D eigenvalue weighted by atomic mass is 9.91. The highest BCUT2D eigenvalue weighted by Gasteiger charge is 2.38. The minimum absolute atomic E-state index is 0.0649. The molecule has 2 aromatic carbocycles. The summed E-state index contributed by atoms with van der Waals surface area (Å²) in [5.74, 6) is -0.537. The van der Waals surface area contributed by atoms with Gasteiger partial charge in [0.2, 0.25) is 5.91 Å². The number of hydrogen-bond donors (Lipinski definition) is 2. The van der Waals surface area contributed by atoms with Crippen molar-refractivity contribution in [2.75, 3.05) is 18.5 Å². The largest absolute Gasteiger partial charge is 0.463 e. The third kappa shape index (κ3) is 6.50. The van der Waals surface area contributed by atoms with Crippen LogP contribution in [-0.2, 0) is 14.3 Å². The molecule has 3 rings (SSSR count). The molecule has 0 radical (unpaired) electrons. The summed E-state index contributed by atoms with van der Waals surface area (Å²) in [6.07, 6.45) is 1.13. The van der Waals surface area contributed by atoms with Gasteiger partial charge in [0, 0.05) is 18.7 Å². The molecule has 0 spiro atoms. The van der Waals surface area contributed by atoms with Crippen LogP contribution in [0.15, 0.2) is 60.2 Å². The number of rotatable bonds is 8. The van der Waals surface area contributed by atoms with Crippen molar-refractivity contribution in [2.45, 2.75) is 53.5 Å². The van der Waals surface area contributed by atoms with Crippen LogP contribution >= 0.6 is 0 Å². The number of anilines is 1. The van der Waals surface area contributed by atoms with Crippen molar-refractivity contribution in [2.24, 2.45) is 5.41 Å². The summed E-state index contributed by atoms with van der Waals surface area (Å²) in [5.41, 5.74) is 2.98. The maximum Gasteiger partial charge on any atom is 0.338 e. The normalized spacial score (nSPS) is 16.1. The van der Waals surface area contributed by atoms with Crippen molar-refractivity contribution in [3.8, 4) is 0 Å². The minimum atomic E-state index is -0.691. The Balaban J connectivity index is 2.04. The summed E-state index contributed by atoms with van der Waals surface area (Å²) < 4.78 is 5.44. The molecular formula is C28H35N3O4. The van der Waals surface area contributed by atoms with Gasteiger partial charge < -0.3 is 15.4 Å². The number of carbonyl (C=O) groups is 3. The lowest BCUT2D eigenvalue weighted by Crippen LogP contribution is -2.48. The van der Waals surface area contributed by atoms with Crippen molar-refractivity contribution < 1.29 is 19.1 Å². The van der Waals surface area contributed by atoms with Gasteiger partial charge in [-0.25, -0.2) is 9.59 Å². The van der Waals surface area contributed by atoms with E-state index in [4.69, 9.17) is 4.74 Å². The van der Waals surface area contributed by atoms with Gasteiger partial charge >= 0.3 is 12.0 Å². The van der Waals surface area contributed by atoms with Crippen LogP contribution in [0, 0.1) is 5.41 Å². The van der Waals surface area contributed by atoms with Crippen molar-refractivity contribution in [1.29, 1.82) is 0 Å². The van der Waals surface area contributed by atoms with Gasteiger partial charge in [-0.15, -0.1) is 0 Å². The molecule has 2 aromatic rings. The number of urea groups is 1. The topological polar surface area (TPSA) is 87.7 Å².